The molecular formula is C15H20O4. The van der Waals surface area contributed by atoms with Gasteiger partial charge in [-0.3, -0.25) is 4.79 Å². The lowest BCUT2D eigenvalue weighted by Gasteiger charge is -2.26. The Morgan fingerprint density at radius 2 is 2.00 bits per heavy atom. The number of hydrogen-bond acceptors (Lipinski definition) is 3. The molecule has 2 rings (SSSR count). The number of hydrogen-bond donors (Lipinski definition) is 2. The van der Waals surface area contributed by atoms with Crippen molar-refractivity contribution in [1.29, 1.82) is 0 Å². The zero-order valence-corrected chi connectivity index (χ0v) is 10.9. The summed E-state index contributed by atoms with van der Waals surface area (Å²) >= 11 is 0. The molecule has 0 heterocycles. The predicted octanol–water partition coefficient (Wildman–Crippen LogP) is 2.39. The first-order valence-electron chi connectivity index (χ1n) is 6.79. The second kappa shape index (κ2) is 6.57. The minimum Gasteiger partial charge on any atom is -0.490 e. The molecular weight excluding hydrogens is 244 g/mol. The largest absolute Gasteiger partial charge is 0.490 e. The van der Waals surface area contributed by atoms with Gasteiger partial charge in [0.25, 0.3) is 0 Å². The van der Waals surface area contributed by atoms with Gasteiger partial charge in [0, 0.05) is 12.8 Å². The molecule has 19 heavy (non-hydrogen) atoms. The molecule has 1 fully saturated rings. The summed E-state index contributed by atoms with van der Waals surface area (Å²) in [5.41, 5.74) is 0.999. The summed E-state index contributed by atoms with van der Waals surface area (Å²) in [7, 11) is 0. The van der Waals surface area contributed by atoms with Gasteiger partial charge in [0.15, 0.2) is 0 Å². The number of carboxylic acids is 1. The summed E-state index contributed by atoms with van der Waals surface area (Å²) in [6.45, 7) is 0. The van der Waals surface area contributed by atoms with Crippen LogP contribution in [0.25, 0.3) is 0 Å². The van der Waals surface area contributed by atoms with E-state index in [0.717, 1.165) is 30.6 Å². The Morgan fingerprint density at radius 1 is 1.26 bits per heavy atom. The third kappa shape index (κ3) is 4.56. The highest BCUT2D eigenvalue weighted by atomic mass is 16.5. The molecule has 0 amide bonds. The molecule has 4 nitrogen and oxygen atoms in total. The molecule has 1 aromatic rings. The van der Waals surface area contributed by atoms with Crippen LogP contribution in [-0.4, -0.2) is 28.4 Å². The minimum absolute atomic E-state index is 0.0913. The molecule has 104 valence electrons. The van der Waals surface area contributed by atoms with Gasteiger partial charge in [0.05, 0.1) is 6.10 Å². The van der Waals surface area contributed by atoms with Crippen molar-refractivity contribution in [2.75, 3.05) is 0 Å². The summed E-state index contributed by atoms with van der Waals surface area (Å²) in [5.74, 6) is 0.00898. The third-order valence-electron chi connectivity index (χ3n) is 3.45. The van der Waals surface area contributed by atoms with Crippen molar-refractivity contribution in [1.82, 2.24) is 0 Å². The molecule has 1 aromatic carbocycles. The van der Waals surface area contributed by atoms with Crippen LogP contribution in [0.2, 0.25) is 0 Å². The average Bonchev–Trinajstić information content (AvgIpc) is 2.38. The van der Waals surface area contributed by atoms with Crippen molar-refractivity contribution in [3.63, 3.8) is 0 Å². The number of carboxylic acid groups (broad SMARTS) is 1. The van der Waals surface area contributed by atoms with E-state index in [1.165, 1.54) is 0 Å². The fourth-order valence-corrected chi connectivity index (χ4v) is 2.41. The highest BCUT2D eigenvalue weighted by Crippen LogP contribution is 2.24. The Morgan fingerprint density at radius 3 is 2.63 bits per heavy atom. The lowest BCUT2D eigenvalue weighted by Crippen LogP contribution is -2.28. The van der Waals surface area contributed by atoms with Crippen LogP contribution in [-0.2, 0) is 11.2 Å². The molecule has 2 N–H and O–H groups in total. The lowest BCUT2D eigenvalue weighted by atomic mass is 9.95. The Bertz CT molecular complexity index is 413. The van der Waals surface area contributed by atoms with Gasteiger partial charge < -0.3 is 14.9 Å². The number of aliphatic hydroxyl groups is 1. The summed E-state index contributed by atoms with van der Waals surface area (Å²) in [4.78, 5) is 10.5. The predicted molar refractivity (Wildman–Crippen MR) is 71.3 cm³/mol. The molecule has 0 radical (unpaired) electrons. The lowest BCUT2D eigenvalue weighted by molar-refractivity contribution is -0.136. The standard InChI is InChI=1S/C15H20O4/c16-12-2-1-3-14(10-12)19-13-7-4-11(5-8-13)6-9-15(17)18/h4-5,7-8,12,14,16H,1-3,6,9-10H2,(H,17,18). The van der Waals surface area contributed by atoms with E-state index in [1.54, 1.807) is 0 Å². The van der Waals surface area contributed by atoms with Crippen LogP contribution in [0, 0.1) is 0 Å². The minimum atomic E-state index is -0.781. The van der Waals surface area contributed by atoms with Crippen LogP contribution in [0.15, 0.2) is 24.3 Å². The van der Waals surface area contributed by atoms with Gasteiger partial charge in [-0.1, -0.05) is 12.1 Å². The van der Waals surface area contributed by atoms with Gasteiger partial charge >= 0.3 is 5.97 Å². The first-order chi connectivity index (χ1) is 9.13. The molecule has 0 bridgehead atoms. The van der Waals surface area contributed by atoms with E-state index in [9.17, 15) is 9.90 Å². The average molecular weight is 264 g/mol. The Kier molecular flexibility index (Phi) is 4.80. The second-order valence-corrected chi connectivity index (χ2v) is 5.10. The first kappa shape index (κ1) is 13.9. The van der Waals surface area contributed by atoms with Crippen LogP contribution in [0.3, 0.4) is 0 Å². The van der Waals surface area contributed by atoms with Crippen molar-refractivity contribution in [2.45, 2.75) is 50.7 Å². The smallest absolute Gasteiger partial charge is 0.303 e. The van der Waals surface area contributed by atoms with Gasteiger partial charge in [-0.15, -0.1) is 0 Å². The van der Waals surface area contributed by atoms with E-state index < -0.39 is 5.97 Å². The fourth-order valence-electron chi connectivity index (χ4n) is 2.41. The van der Waals surface area contributed by atoms with Gasteiger partial charge in [-0.25, -0.2) is 0 Å². The summed E-state index contributed by atoms with van der Waals surface area (Å²) < 4.78 is 5.83. The molecule has 1 aliphatic rings. The normalized spacial score (nSPS) is 23.0. The maximum Gasteiger partial charge on any atom is 0.303 e. The molecule has 1 aliphatic carbocycles. The molecule has 0 saturated heterocycles. The van der Waals surface area contributed by atoms with Crippen molar-refractivity contribution in [3.8, 4) is 5.75 Å². The number of aryl methyl sites for hydroxylation is 1. The Labute approximate surface area is 113 Å². The van der Waals surface area contributed by atoms with Crippen LogP contribution in [0.1, 0.15) is 37.7 Å². The van der Waals surface area contributed by atoms with E-state index in [1.807, 2.05) is 24.3 Å². The van der Waals surface area contributed by atoms with Crippen LogP contribution in [0.4, 0.5) is 0 Å². The number of benzene rings is 1. The van der Waals surface area contributed by atoms with Crippen molar-refractivity contribution >= 4 is 5.97 Å². The third-order valence-corrected chi connectivity index (χ3v) is 3.45. The van der Waals surface area contributed by atoms with Crippen LogP contribution < -0.4 is 4.74 Å². The zero-order chi connectivity index (χ0) is 13.7. The van der Waals surface area contributed by atoms with Crippen molar-refractivity contribution < 1.29 is 19.7 Å². The molecule has 0 aromatic heterocycles. The van der Waals surface area contributed by atoms with E-state index in [-0.39, 0.29) is 18.6 Å². The Balaban J connectivity index is 1.85. The summed E-state index contributed by atoms with van der Waals surface area (Å²) in [6, 6.07) is 7.55. The van der Waals surface area contributed by atoms with E-state index in [2.05, 4.69) is 0 Å². The molecule has 4 heteroatoms. The monoisotopic (exact) mass is 264 g/mol. The number of aliphatic hydroxyl groups excluding tert-OH is 1. The zero-order valence-electron chi connectivity index (χ0n) is 10.9. The van der Waals surface area contributed by atoms with Gasteiger partial charge in [0.2, 0.25) is 0 Å². The van der Waals surface area contributed by atoms with Crippen LogP contribution in [0.5, 0.6) is 5.75 Å². The summed E-state index contributed by atoms with van der Waals surface area (Å²) in [5, 5.41) is 18.2. The van der Waals surface area contributed by atoms with Crippen molar-refractivity contribution in [2.24, 2.45) is 0 Å². The number of ether oxygens (including phenoxy) is 1. The fraction of sp³-hybridized carbons (Fsp3) is 0.533. The maximum absolute atomic E-state index is 10.5. The molecule has 0 aliphatic heterocycles. The highest BCUT2D eigenvalue weighted by molar-refractivity contribution is 5.67. The molecule has 0 spiro atoms. The quantitative estimate of drug-likeness (QED) is 0.857. The second-order valence-electron chi connectivity index (χ2n) is 5.10. The number of rotatable bonds is 5. The summed E-state index contributed by atoms with van der Waals surface area (Å²) in [6.07, 6.45) is 4.09. The topological polar surface area (TPSA) is 66.8 Å². The number of aliphatic carboxylic acids is 1. The SMILES string of the molecule is O=C(O)CCc1ccc(OC2CCCC(O)C2)cc1. The van der Waals surface area contributed by atoms with Crippen LogP contribution >= 0.6 is 0 Å². The van der Waals surface area contributed by atoms with Gasteiger partial charge in [-0.2, -0.15) is 0 Å². The molecule has 2 unspecified atom stereocenters. The van der Waals surface area contributed by atoms with Crippen molar-refractivity contribution in [3.05, 3.63) is 29.8 Å². The molecule has 1 saturated carbocycles. The van der Waals surface area contributed by atoms with E-state index in [0.29, 0.717) is 12.8 Å². The van der Waals surface area contributed by atoms with Gasteiger partial charge in [-0.05, 0) is 43.4 Å². The number of carbonyl (C=O) groups is 1. The highest BCUT2D eigenvalue weighted by Gasteiger charge is 2.21. The molecule has 2 atom stereocenters. The van der Waals surface area contributed by atoms with Gasteiger partial charge in [0.1, 0.15) is 11.9 Å². The maximum atomic E-state index is 10.5. The van der Waals surface area contributed by atoms with E-state index >= 15 is 0 Å². The first-order valence-corrected chi connectivity index (χ1v) is 6.79. The van der Waals surface area contributed by atoms with E-state index in [4.69, 9.17) is 9.84 Å². The Hall–Kier alpha value is -1.55.